The lowest BCUT2D eigenvalue weighted by Gasteiger charge is -2.30. The molecule has 0 bridgehead atoms. The normalized spacial score (nSPS) is 15.9. The van der Waals surface area contributed by atoms with Gasteiger partial charge in [-0.2, -0.15) is 0 Å². The second kappa shape index (κ2) is 11.9. The fraction of sp³-hybridized carbons (Fsp3) is 0.357. The Hall–Kier alpha value is -3.06. The molecule has 6 heteroatoms. The Morgan fingerprint density at radius 1 is 1.06 bits per heavy atom. The van der Waals surface area contributed by atoms with E-state index in [0.29, 0.717) is 19.5 Å². The fourth-order valence-electron chi connectivity index (χ4n) is 4.37. The highest BCUT2D eigenvalue weighted by Gasteiger charge is 2.21. The number of morpholine rings is 1. The van der Waals surface area contributed by atoms with E-state index in [1.54, 1.807) is 6.08 Å². The van der Waals surface area contributed by atoms with Gasteiger partial charge in [-0.1, -0.05) is 60.7 Å². The van der Waals surface area contributed by atoms with Gasteiger partial charge >= 0.3 is 0 Å². The number of ether oxygens (including phenoxy) is 1. The highest BCUT2D eigenvalue weighted by molar-refractivity contribution is 5.94. The van der Waals surface area contributed by atoms with E-state index < -0.39 is 6.61 Å². The lowest BCUT2D eigenvalue weighted by molar-refractivity contribution is -0.131. The Bertz CT molecular complexity index is 1050. The number of nitrogens with zero attached hydrogens (tertiary/aromatic N) is 2. The quantitative estimate of drug-likeness (QED) is 0.552. The number of carbonyl (C=O) groups is 2. The molecular weight excluding hydrogens is 428 g/mol. The maximum atomic E-state index is 13.4. The number of fused-ring (bicyclic) bond motifs is 1. The number of hydrogen-bond acceptors (Lipinski definition) is 5. The molecule has 4 rings (SSSR count). The second-order valence-corrected chi connectivity index (χ2v) is 8.74. The largest absolute Gasteiger partial charge is 0.388 e. The molecule has 0 aromatic heterocycles. The average molecular weight is 461 g/mol. The molecule has 34 heavy (non-hydrogen) atoms. The van der Waals surface area contributed by atoms with Gasteiger partial charge in [0.25, 0.3) is 0 Å². The van der Waals surface area contributed by atoms with Crippen molar-refractivity contribution in [2.75, 3.05) is 46.0 Å². The van der Waals surface area contributed by atoms with Crippen LogP contribution in [-0.4, -0.2) is 72.6 Å². The molecule has 178 valence electrons. The first-order chi connectivity index (χ1) is 16.6. The van der Waals surface area contributed by atoms with E-state index in [2.05, 4.69) is 23.1 Å². The Labute approximate surface area is 201 Å². The van der Waals surface area contributed by atoms with Crippen LogP contribution in [0, 0.1) is 0 Å². The number of benzene rings is 2. The molecule has 1 heterocycles. The Balaban J connectivity index is 1.43. The van der Waals surface area contributed by atoms with Gasteiger partial charge in [-0.15, -0.1) is 0 Å². The van der Waals surface area contributed by atoms with Gasteiger partial charge in [-0.25, -0.2) is 0 Å². The van der Waals surface area contributed by atoms with Gasteiger partial charge in [-0.05, 0) is 40.3 Å². The van der Waals surface area contributed by atoms with Crippen LogP contribution in [0.25, 0.3) is 11.6 Å². The van der Waals surface area contributed by atoms with Crippen LogP contribution in [0.5, 0.6) is 0 Å². The number of amides is 1. The molecule has 1 N–H and O–H groups in total. The van der Waals surface area contributed by atoms with E-state index in [-0.39, 0.29) is 11.7 Å². The van der Waals surface area contributed by atoms with Crippen LogP contribution < -0.4 is 0 Å². The standard InChI is InChI=1S/C28H32N2O4/c31-21-26(32)12-9-22-5-7-23(8-6-22)20-30(14-13-29-15-17-34-18-16-29)28(33)19-25-11-10-24-3-1-2-4-27(24)25/h1-9,11-12,31H,10,13-21H2/b12-9+. The van der Waals surface area contributed by atoms with E-state index in [4.69, 9.17) is 9.84 Å². The molecule has 2 aromatic rings. The minimum Gasteiger partial charge on any atom is -0.388 e. The van der Waals surface area contributed by atoms with Gasteiger partial charge in [0.15, 0.2) is 5.78 Å². The third-order valence-corrected chi connectivity index (χ3v) is 6.39. The predicted octanol–water partition coefficient (Wildman–Crippen LogP) is 2.95. The zero-order chi connectivity index (χ0) is 23.8. The lowest BCUT2D eigenvalue weighted by atomic mass is 10.0. The molecule has 1 aliphatic heterocycles. The van der Waals surface area contributed by atoms with Crippen molar-refractivity contribution < 1.29 is 19.4 Å². The number of carbonyl (C=O) groups excluding carboxylic acids is 2. The summed E-state index contributed by atoms with van der Waals surface area (Å²) in [6.45, 7) is 4.82. The van der Waals surface area contributed by atoms with Crippen LogP contribution in [0.2, 0.25) is 0 Å². The van der Waals surface area contributed by atoms with E-state index in [0.717, 1.165) is 56.0 Å². The van der Waals surface area contributed by atoms with Crippen molar-refractivity contribution in [3.63, 3.8) is 0 Å². The number of rotatable bonds is 10. The predicted molar refractivity (Wildman–Crippen MR) is 133 cm³/mol. The van der Waals surface area contributed by atoms with Gasteiger partial charge in [-0.3, -0.25) is 14.5 Å². The average Bonchev–Trinajstić information content (AvgIpc) is 3.29. The molecule has 1 fully saturated rings. The second-order valence-electron chi connectivity index (χ2n) is 8.74. The summed E-state index contributed by atoms with van der Waals surface area (Å²) in [6, 6.07) is 16.1. The van der Waals surface area contributed by atoms with Crippen LogP contribution >= 0.6 is 0 Å². The maximum Gasteiger partial charge on any atom is 0.227 e. The van der Waals surface area contributed by atoms with Gasteiger partial charge in [0.2, 0.25) is 5.91 Å². The summed E-state index contributed by atoms with van der Waals surface area (Å²) in [5.74, 6) is -0.194. The zero-order valence-electron chi connectivity index (χ0n) is 19.5. The van der Waals surface area contributed by atoms with Crippen LogP contribution in [-0.2, 0) is 27.3 Å². The highest BCUT2D eigenvalue weighted by atomic mass is 16.5. The van der Waals surface area contributed by atoms with E-state index in [1.807, 2.05) is 41.3 Å². The zero-order valence-corrected chi connectivity index (χ0v) is 19.5. The number of aliphatic hydroxyl groups is 1. The van der Waals surface area contributed by atoms with Gasteiger partial charge in [0.1, 0.15) is 6.61 Å². The minimum absolute atomic E-state index is 0.133. The molecule has 6 nitrogen and oxygen atoms in total. The fourth-order valence-corrected chi connectivity index (χ4v) is 4.37. The molecule has 2 aliphatic rings. The molecule has 2 aromatic carbocycles. The maximum absolute atomic E-state index is 13.4. The van der Waals surface area contributed by atoms with Crippen molar-refractivity contribution in [2.24, 2.45) is 0 Å². The summed E-state index contributed by atoms with van der Waals surface area (Å²) < 4.78 is 5.45. The van der Waals surface area contributed by atoms with Gasteiger partial charge in [0.05, 0.1) is 19.6 Å². The van der Waals surface area contributed by atoms with Gasteiger partial charge in [0, 0.05) is 32.7 Å². The minimum atomic E-state index is -0.490. The third kappa shape index (κ3) is 6.50. The van der Waals surface area contributed by atoms with Crippen molar-refractivity contribution in [1.29, 1.82) is 0 Å². The Kier molecular flexibility index (Phi) is 8.41. The SMILES string of the molecule is O=C(/C=C/c1ccc(CN(CCN2CCOCC2)C(=O)CC2=CCc3ccccc32)cc1)CO. The van der Waals surface area contributed by atoms with Crippen molar-refractivity contribution in [3.8, 4) is 0 Å². The number of aliphatic hydroxyl groups excluding tert-OH is 1. The van der Waals surface area contributed by atoms with Crippen LogP contribution in [0.4, 0.5) is 0 Å². The van der Waals surface area contributed by atoms with Crippen molar-refractivity contribution >= 4 is 23.3 Å². The molecule has 0 unspecified atom stereocenters. The molecule has 0 spiro atoms. The summed E-state index contributed by atoms with van der Waals surface area (Å²) >= 11 is 0. The van der Waals surface area contributed by atoms with Crippen LogP contribution in [0.1, 0.15) is 28.7 Å². The molecule has 1 amide bonds. The van der Waals surface area contributed by atoms with E-state index >= 15 is 0 Å². The highest BCUT2D eigenvalue weighted by Crippen LogP contribution is 2.30. The molecule has 0 radical (unpaired) electrons. The van der Waals surface area contributed by atoms with Crippen molar-refractivity contribution in [1.82, 2.24) is 9.80 Å². The lowest BCUT2D eigenvalue weighted by Crippen LogP contribution is -2.42. The van der Waals surface area contributed by atoms with Crippen LogP contribution in [0.15, 0.2) is 60.7 Å². The van der Waals surface area contributed by atoms with Crippen molar-refractivity contribution in [3.05, 3.63) is 82.9 Å². The summed E-state index contributed by atoms with van der Waals surface area (Å²) in [5.41, 5.74) is 5.52. The number of allylic oxidation sites excluding steroid dienone is 1. The molecule has 1 aliphatic carbocycles. The number of ketones is 1. The Morgan fingerprint density at radius 2 is 1.82 bits per heavy atom. The van der Waals surface area contributed by atoms with Crippen LogP contribution in [0.3, 0.4) is 0 Å². The first-order valence-electron chi connectivity index (χ1n) is 11.9. The summed E-state index contributed by atoms with van der Waals surface area (Å²) in [5, 5.41) is 8.86. The monoisotopic (exact) mass is 460 g/mol. The topological polar surface area (TPSA) is 70.1 Å². The molecule has 1 saturated heterocycles. The smallest absolute Gasteiger partial charge is 0.227 e. The molecule has 0 saturated carbocycles. The summed E-state index contributed by atoms with van der Waals surface area (Å²) in [6.07, 6.45) is 6.54. The first kappa shape index (κ1) is 24.1. The van der Waals surface area contributed by atoms with Gasteiger partial charge < -0.3 is 14.7 Å². The summed E-state index contributed by atoms with van der Waals surface area (Å²) in [7, 11) is 0. The molecule has 0 atom stereocenters. The first-order valence-corrected chi connectivity index (χ1v) is 11.9. The molecular formula is C28H32N2O4. The van der Waals surface area contributed by atoms with E-state index in [1.165, 1.54) is 17.2 Å². The Morgan fingerprint density at radius 3 is 2.59 bits per heavy atom. The third-order valence-electron chi connectivity index (χ3n) is 6.39. The summed E-state index contributed by atoms with van der Waals surface area (Å²) in [4.78, 5) is 29.0. The number of hydrogen-bond donors (Lipinski definition) is 1. The van der Waals surface area contributed by atoms with E-state index in [9.17, 15) is 9.59 Å². The van der Waals surface area contributed by atoms with Crippen molar-refractivity contribution in [2.45, 2.75) is 19.4 Å².